The lowest BCUT2D eigenvalue weighted by Gasteiger charge is -2.09. The number of hydrogen-bond acceptors (Lipinski definition) is 7. The summed E-state index contributed by atoms with van der Waals surface area (Å²) in [6.45, 7) is 0. The molecule has 0 aliphatic carbocycles. The van der Waals surface area contributed by atoms with Gasteiger partial charge in [-0.1, -0.05) is 18.2 Å². The summed E-state index contributed by atoms with van der Waals surface area (Å²) < 4.78 is 33.5. The number of carbonyl (C=O) groups is 1. The summed E-state index contributed by atoms with van der Waals surface area (Å²) in [5, 5.41) is 13.4. The van der Waals surface area contributed by atoms with Crippen LogP contribution in [0.2, 0.25) is 0 Å². The minimum absolute atomic E-state index is 0.150. The van der Waals surface area contributed by atoms with Crippen molar-refractivity contribution in [3.63, 3.8) is 0 Å². The highest BCUT2D eigenvalue weighted by Gasteiger charge is 2.19. The van der Waals surface area contributed by atoms with Crippen molar-refractivity contribution in [1.82, 2.24) is 19.6 Å². The summed E-state index contributed by atoms with van der Waals surface area (Å²) >= 11 is 1.23. The van der Waals surface area contributed by atoms with E-state index in [1.165, 1.54) is 40.6 Å². The Labute approximate surface area is 146 Å². The number of carbonyl (C=O) groups excluding carboxylic acids is 1. The summed E-state index contributed by atoms with van der Waals surface area (Å²) in [6.07, 6.45) is 1.43. The van der Waals surface area contributed by atoms with Crippen molar-refractivity contribution in [2.24, 2.45) is 0 Å². The topological polar surface area (TPSA) is 127 Å². The predicted octanol–water partition coefficient (Wildman–Crippen LogP) is 1.73. The fourth-order valence-electron chi connectivity index (χ4n) is 2.01. The average Bonchev–Trinajstić information content (AvgIpc) is 3.07. The standard InChI is InChI=1S/C14H11N5O4S2/c20-14(12-6-1-2-7-13(12)25(21,22)23)16-10-4-3-5-11(8-10)24-19-9-15-17-18-19/h1-9H,(H,16,20)(H,21,22,23). The van der Waals surface area contributed by atoms with Gasteiger partial charge in [0.25, 0.3) is 16.0 Å². The Hall–Kier alpha value is -2.76. The summed E-state index contributed by atoms with van der Waals surface area (Å²) in [7, 11) is -4.50. The first-order valence-corrected chi connectivity index (χ1v) is 9.04. The quantitative estimate of drug-likeness (QED) is 0.644. The largest absolute Gasteiger partial charge is 0.322 e. The van der Waals surface area contributed by atoms with E-state index < -0.39 is 20.9 Å². The maximum atomic E-state index is 12.4. The molecule has 1 amide bonds. The molecule has 1 aromatic heterocycles. The molecule has 0 spiro atoms. The van der Waals surface area contributed by atoms with Crippen LogP contribution in [0.5, 0.6) is 0 Å². The van der Waals surface area contributed by atoms with Gasteiger partial charge in [-0.15, -0.1) is 5.10 Å². The van der Waals surface area contributed by atoms with Crippen LogP contribution >= 0.6 is 11.9 Å². The zero-order chi connectivity index (χ0) is 17.9. The zero-order valence-corrected chi connectivity index (χ0v) is 14.1. The highest BCUT2D eigenvalue weighted by atomic mass is 32.2. The van der Waals surface area contributed by atoms with Gasteiger partial charge >= 0.3 is 0 Å². The second-order valence-corrected chi connectivity index (χ2v) is 7.17. The van der Waals surface area contributed by atoms with Gasteiger partial charge in [-0.05, 0) is 40.8 Å². The average molecular weight is 377 g/mol. The van der Waals surface area contributed by atoms with Crippen molar-refractivity contribution in [2.45, 2.75) is 9.79 Å². The van der Waals surface area contributed by atoms with Crippen LogP contribution in [-0.2, 0) is 10.1 Å². The molecule has 0 saturated carbocycles. The molecule has 0 saturated heterocycles. The Morgan fingerprint density at radius 3 is 2.68 bits per heavy atom. The van der Waals surface area contributed by atoms with Crippen molar-refractivity contribution in [1.29, 1.82) is 0 Å². The van der Waals surface area contributed by atoms with Crippen LogP contribution in [0.4, 0.5) is 5.69 Å². The molecule has 0 unspecified atom stereocenters. The summed E-state index contributed by atoms with van der Waals surface area (Å²) in [6, 6.07) is 12.3. The lowest BCUT2D eigenvalue weighted by molar-refractivity contribution is 0.102. The van der Waals surface area contributed by atoms with Gasteiger partial charge in [-0.3, -0.25) is 9.35 Å². The molecule has 2 N–H and O–H groups in total. The number of nitrogens with zero attached hydrogens (tertiary/aromatic N) is 4. The van der Waals surface area contributed by atoms with Crippen LogP contribution in [-0.4, -0.2) is 38.5 Å². The third-order valence-electron chi connectivity index (χ3n) is 3.03. The van der Waals surface area contributed by atoms with E-state index in [4.69, 9.17) is 0 Å². The molecular weight excluding hydrogens is 366 g/mol. The molecule has 0 atom stereocenters. The Kier molecular flexibility index (Phi) is 4.79. The smallest absolute Gasteiger partial charge is 0.295 e. The van der Waals surface area contributed by atoms with E-state index in [-0.39, 0.29) is 5.56 Å². The molecule has 11 heteroatoms. The van der Waals surface area contributed by atoms with Gasteiger partial charge in [0.15, 0.2) is 6.33 Å². The molecule has 3 rings (SSSR count). The Morgan fingerprint density at radius 1 is 1.16 bits per heavy atom. The number of hydrogen-bond donors (Lipinski definition) is 2. The predicted molar refractivity (Wildman–Crippen MR) is 89.7 cm³/mol. The molecule has 0 aliphatic rings. The molecule has 2 aromatic carbocycles. The first kappa shape index (κ1) is 17.1. The molecule has 0 aliphatic heterocycles. The van der Waals surface area contributed by atoms with Crippen molar-refractivity contribution >= 4 is 33.7 Å². The molecule has 9 nitrogen and oxygen atoms in total. The number of aromatic nitrogens is 4. The molecule has 3 aromatic rings. The van der Waals surface area contributed by atoms with Gasteiger partial charge < -0.3 is 5.32 Å². The number of benzene rings is 2. The third kappa shape index (κ3) is 4.21. The van der Waals surface area contributed by atoms with Crippen LogP contribution < -0.4 is 5.32 Å². The molecule has 128 valence electrons. The second kappa shape index (κ2) is 7.01. The van der Waals surface area contributed by atoms with E-state index in [0.717, 1.165) is 11.0 Å². The molecule has 25 heavy (non-hydrogen) atoms. The Morgan fingerprint density at radius 2 is 1.96 bits per heavy atom. The number of nitrogens with one attached hydrogen (secondary N) is 1. The van der Waals surface area contributed by atoms with Crippen molar-refractivity contribution in [3.05, 3.63) is 60.4 Å². The van der Waals surface area contributed by atoms with Crippen LogP contribution in [0.3, 0.4) is 0 Å². The maximum Gasteiger partial charge on any atom is 0.295 e. The zero-order valence-electron chi connectivity index (χ0n) is 12.5. The summed E-state index contributed by atoms with van der Waals surface area (Å²) in [5.41, 5.74) is 0.303. The van der Waals surface area contributed by atoms with E-state index in [1.54, 1.807) is 24.3 Å². The van der Waals surface area contributed by atoms with Crippen LogP contribution in [0.25, 0.3) is 0 Å². The van der Waals surface area contributed by atoms with Gasteiger partial charge in [0.2, 0.25) is 0 Å². The number of amides is 1. The van der Waals surface area contributed by atoms with Gasteiger partial charge in [-0.2, -0.15) is 12.5 Å². The fraction of sp³-hybridized carbons (Fsp3) is 0. The molecule has 0 bridgehead atoms. The first-order chi connectivity index (χ1) is 11.9. The van der Waals surface area contributed by atoms with Crippen molar-refractivity contribution in [2.75, 3.05) is 5.32 Å². The highest BCUT2D eigenvalue weighted by molar-refractivity contribution is 7.97. The second-order valence-electron chi connectivity index (χ2n) is 4.76. The molecule has 0 fully saturated rings. The van der Waals surface area contributed by atoms with Gasteiger partial charge in [0.1, 0.15) is 4.90 Å². The summed E-state index contributed by atoms with van der Waals surface area (Å²) in [5.74, 6) is -0.655. The molecular formula is C14H11N5O4S2. The van der Waals surface area contributed by atoms with Crippen LogP contribution in [0.15, 0.2) is 64.6 Å². The van der Waals surface area contributed by atoms with E-state index >= 15 is 0 Å². The monoisotopic (exact) mass is 377 g/mol. The van der Waals surface area contributed by atoms with E-state index in [1.807, 2.05) is 0 Å². The third-order valence-corrected chi connectivity index (χ3v) is 4.76. The van der Waals surface area contributed by atoms with E-state index in [0.29, 0.717) is 5.69 Å². The SMILES string of the molecule is O=C(Nc1cccc(Sn2cnnn2)c1)c1ccccc1S(=O)(=O)O. The normalized spacial score (nSPS) is 11.2. The van der Waals surface area contributed by atoms with Gasteiger partial charge in [0, 0.05) is 22.5 Å². The molecule has 0 radical (unpaired) electrons. The number of tetrazole rings is 1. The van der Waals surface area contributed by atoms with Crippen LogP contribution in [0, 0.1) is 0 Å². The van der Waals surface area contributed by atoms with Gasteiger partial charge in [-0.25, -0.2) is 0 Å². The van der Waals surface area contributed by atoms with E-state index in [9.17, 15) is 17.8 Å². The minimum atomic E-state index is -4.50. The Balaban J connectivity index is 1.82. The van der Waals surface area contributed by atoms with E-state index in [2.05, 4.69) is 20.8 Å². The summed E-state index contributed by atoms with van der Waals surface area (Å²) in [4.78, 5) is 12.7. The van der Waals surface area contributed by atoms with Crippen molar-refractivity contribution < 1.29 is 17.8 Å². The van der Waals surface area contributed by atoms with Crippen LogP contribution in [0.1, 0.15) is 10.4 Å². The Bertz CT molecular complexity index is 1010. The minimum Gasteiger partial charge on any atom is -0.322 e. The fourth-order valence-corrected chi connectivity index (χ4v) is 3.39. The van der Waals surface area contributed by atoms with Gasteiger partial charge in [0.05, 0.1) is 5.56 Å². The highest BCUT2D eigenvalue weighted by Crippen LogP contribution is 2.23. The molecule has 1 heterocycles. The number of anilines is 1. The first-order valence-electron chi connectivity index (χ1n) is 6.83. The van der Waals surface area contributed by atoms with Crippen molar-refractivity contribution in [3.8, 4) is 0 Å². The number of rotatable bonds is 5. The maximum absolute atomic E-state index is 12.4. The lowest BCUT2D eigenvalue weighted by atomic mass is 10.2. The lowest BCUT2D eigenvalue weighted by Crippen LogP contribution is -2.16.